The van der Waals surface area contributed by atoms with Gasteiger partial charge in [0.25, 0.3) is 5.91 Å². The van der Waals surface area contributed by atoms with Gasteiger partial charge >= 0.3 is 0 Å². The topological polar surface area (TPSA) is 55.1 Å². The van der Waals surface area contributed by atoms with Crippen LogP contribution in [-0.4, -0.2) is 18.0 Å². The highest BCUT2D eigenvalue weighted by atomic mass is 35.5. The predicted molar refractivity (Wildman–Crippen MR) is 81.4 cm³/mol. The van der Waals surface area contributed by atoms with Crippen LogP contribution in [0, 0.1) is 5.92 Å². The molecule has 0 spiro atoms. The molecule has 0 saturated heterocycles. The van der Waals surface area contributed by atoms with Gasteiger partial charge < -0.3 is 11.1 Å². The van der Waals surface area contributed by atoms with E-state index in [-0.39, 0.29) is 23.9 Å². The van der Waals surface area contributed by atoms with Gasteiger partial charge in [-0.3, -0.25) is 4.79 Å². The fourth-order valence-electron chi connectivity index (χ4n) is 2.01. The number of carbonyl (C=O) groups excluding carboxylic acids is 1. The molecule has 2 rings (SSSR count). The molecule has 1 aromatic carbocycles. The standard InChI is InChI=1S/C13H16Cl2N2O.ClH/c1-13(7-16,9-3-4-9)17-12(18)8-2-5-10(14)11(15)6-8;/h2,5-6,9H,3-4,7,16H2,1H3,(H,17,18);1H. The van der Waals surface area contributed by atoms with E-state index >= 15 is 0 Å². The van der Waals surface area contributed by atoms with Gasteiger partial charge in [-0.1, -0.05) is 23.2 Å². The van der Waals surface area contributed by atoms with Crippen molar-refractivity contribution in [3.8, 4) is 0 Å². The quantitative estimate of drug-likeness (QED) is 0.893. The van der Waals surface area contributed by atoms with E-state index in [9.17, 15) is 4.79 Å². The van der Waals surface area contributed by atoms with Crippen molar-refractivity contribution in [1.29, 1.82) is 0 Å². The number of rotatable bonds is 4. The van der Waals surface area contributed by atoms with Gasteiger partial charge in [-0.25, -0.2) is 0 Å². The maximum Gasteiger partial charge on any atom is 0.251 e. The molecule has 1 amide bonds. The third-order valence-corrected chi connectivity index (χ3v) is 4.22. The second-order valence-corrected chi connectivity index (χ2v) is 5.79. The van der Waals surface area contributed by atoms with Gasteiger partial charge in [0.1, 0.15) is 0 Å². The Balaban J connectivity index is 0.00000180. The van der Waals surface area contributed by atoms with Gasteiger partial charge in [0.05, 0.1) is 15.6 Å². The van der Waals surface area contributed by atoms with E-state index in [1.54, 1.807) is 18.2 Å². The zero-order valence-corrected chi connectivity index (χ0v) is 12.9. The van der Waals surface area contributed by atoms with Gasteiger partial charge in [0, 0.05) is 12.1 Å². The number of carbonyl (C=O) groups is 1. The fourth-order valence-corrected chi connectivity index (χ4v) is 2.31. The van der Waals surface area contributed by atoms with Crippen LogP contribution in [0.15, 0.2) is 18.2 Å². The number of hydrogen-bond acceptors (Lipinski definition) is 2. The van der Waals surface area contributed by atoms with E-state index in [1.807, 2.05) is 6.92 Å². The predicted octanol–water partition coefficient (Wildman–Crippen LogP) is 3.27. The van der Waals surface area contributed by atoms with Crippen molar-refractivity contribution in [1.82, 2.24) is 5.32 Å². The fraction of sp³-hybridized carbons (Fsp3) is 0.462. The molecule has 0 heterocycles. The molecule has 1 unspecified atom stereocenters. The second-order valence-electron chi connectivity index (χ2n) is 4.98. The maximum absolute atomic E-state index is 12.1. The number of nitrogens with two attached hydrogens (primary N) is 1. The molecule has 1 saturated carbocycles. The number of halogens is 3. The lowest BCUT2D eigenvalue weighted by atomic mass is 9.95. The lowest BCUT2D eigenvalue weighted by molar-refractivity contribution is 0.0898. The van der Waals surface area contributed by atoms with E-state index in [4.69, 9.17) is 28.9 Å². The Hall–Kier alpha value is -0.480. The Morgan fingerprint density at radius 1 is 1.42 bits per heavy atom. The Labute approximate surface area is 129 Å². The third-order valence-electron chi connectivity index (χ3n) is 3.48. The highest BCUT2D eigenvalue weighted by Gasteiger charge is 2.41. The van der Waals surface area contributed by atoms with E-state index in [2.05, 4.69) is 5.32 Å². The summed E-state index contributed by atoms with van der Waals surface area (Å²) in [5.74, 6) is 0.322. The van der Waals surface area contributed by atoms with Crippen molar-refractivity contribution in [3.63, 3.8) is 0 Å². The Morgan fingerprint density at radius 3 is 2.53 bits per heavy atom. The molecule has 1 fully saturated rings. The van der Waals surface area contributed by atoms with Crippen LogP contribution in [0.2, 0.25) is 10.0 Å². The molecular weight excluding hydrogens is 307 g/mol. The van der Waals surface area contributed by atoms with E-state index < -0.39 is 0 Å². The largest absolute Gasteiger partial charge is 0.345 e. The summed E-state index contributed by atoms with van der Waals surface area (Å²) in [6, 6.07) is 4.85. The van der Waals surface area contributed by atoms with Crippen LogP contribution in [0.4, 0.5) is 0 Å². The molecule has 1 aliphatic carbocycles. The number of hydrogen-bond donors (Lipinski definition) is 2. The van der Waals surface area contributed by atoms with Crippen molar-refractivity contribution < 1.29 is 4.79 Å². The van der Waals surface area contributed by atoms with Gasteiger partial charge in [-0.2, -0.15) is 0 Å². The zero-order chi connectivity index (χ0) is 13.3. The minimum absolute atomic E-state index is 0. The average Bonchev–Trinajstić information content (AvgIpc) is 3.16. The highest BCUT2D eigenvalue weighted by Crippen LogP contribution is 2.39. The van der Waals surface area contributed by atoms with Gasteiger partial charge in [-0.05, 0) is 43.9 Å². The highest BCUT2D eigenvalue weighted by molar-refractivity contribution is 6.42. The Bertz CT molecular complexity index is 477. The van der Waals surface area contributed by atoms with E-state index in [0.717, 1.165) is 12.8 Å². The molecule has 0 aromatic heterocycles. The summed E-state index contributed by atoms with van der Waals surface area (Å²) in [5, 5.41) is 3.82. The molecule has 0 aliphatic heterocycles. The van der Waals surface area contributed by atoms with Gasteiger partial charge in [0.15, 0.2) is 0 Å². The number of nitrogens with one attached hydrogen (secondary N) is 1. The van der Waals surface area contributed by atoms with E-state index in [1.165, 1.54) is 0 Å². The first-order valence-electron chi connectivity index (χ1n) is 5.94. The van der Waals surface area contributed by atoms with E-state index in [0.29, 0.717) is 28.1 Å². The summed E-state index contributed by atoms with van der Waals surface area (Å²) in [5.41, 5.74) is 5.94. The van der Waals surface area contributed by atoms with Crippen LogP contribution >= 0.6 is 35.6 Å². The van der Waals surface area contributed by atoms with Crippen LogP contribution in [0.25, 0.3) is 0 Å². The zero-order valence-electron chi connectivity index (χ0n) is 10.6. The summed E-state index contributed by atoms with van der Waals surface area (Å²) < 4.78 is 0. The molecule has 0 bridgehead atoms. The van der Waals surface area contributed by atoms with Crippen molar-refractivity contribution in [2.75, 3.05) is 6.54 Å². The minimum atomic E-state index is -0.330. The van der Waals surface area contributed by atoms with Crippen molar-refractivity contribution in [2.45, 2.75) is 25.3 Å². The first-order chi connectivity index (χ1) is 8.46. The van der Waals surface area contributed by atoms with Crippen LogP contribution in [0.5, 0.6) is 0 Å². The molecule has 1 aromatic rings. The normalized spacial score (nSPS) is 17.3. The summed E-state index contributed by atoms with van der Waals surface area (Å²) in [7, 11) is 0. The first kappa shape index (κ1) is 16.6. The molecule has 6 heteroatoms. The Kier molecular flexibility index (Phi) is 5.51. The SMILES string of the molecule is CC(CN)(NC(=O)c1ccc(Cl)c(Cl)c1)C1CC1.Cl. The molecule has 1 aliphatic rings. The van der Waals surface area contributed by atoms with Crippen LogP contribution < -0.4 is 11.1 Å². The molecule has 19 heavy (non-hydrogen) atoms. The molecule has 1 atom stereocenters. The van der Waals surface area contributed by atoms with Gasteiger partial charge in [0.2, 0.25) is 0 Å². The average molecular weight is 324 g/mol. The van der Waals surface area contributed by atoms with Crippen LogP contribution in [0.1, 0.15) is 30.1 Å². The lowest BCUT2D eigenvalue weighted by Crippen LogP contribution is -2.53. The first-order valence-corrected chi connectivity index (χ1v) is 6.69. The lowest BCUT2D eigenvalue weighted by Gasteiger charge is -2.29. The molecular formula is C13H17Cl3N2O. The second kappa shape index (κ2) is 6.31. The number of benzene rings is 1. The molecule has 0 radical (unpaired) electrons. The molecule has 106 valence electrons. The maximum atomic E-state index is 12.1. The Morgan fingerprint density at radius 2 is 2.05 bits per heavy atom. The van der Waals surface area contributed by atoms with Crippen molar-refractivity contribution in [3.05, 3.63) is 33.8 Å². The monoisotopic (exact) mass is 322 g/mol. The molecule has 3 N–H and O–H groups in total. The number of amides is 1. The third kappa shape index (κ3) is 3.76. The summed E-state index contributed by atoms with van der Waals surface area (Å²) in [6.45, 7) is 2.42. The summed E-state index contributed by atoms with van der Waals surface area (Å²) in [4.78, 5) is 12.1. The minimum Gasteiger partial charge on any atom is -0.345 e. The van der Waals surface area contributed by atoms with Crippen molar-refractivity contribution in [2.24, 2.45) is 11.7 Å². The smallest absolute Gasteiger partial charge is 0.251 e. The van der Waals surface area contributed by atoms with Gasteiger partial charge in [-0.15, -0.1) is 12.4 Å². The summed E-state index contributed by atoms with van der Waals surface area (Å²) in [6.07, 6.45) is 2.24. The van der Waals surface area contributed by atoms with Crippen LogP contribution in [0.3, 0.4) is 0 Å². The molecule has 3 nitrogen and oxygen atoms in total. The van der Waals surface area contributed by atoms with Crippen LogP contribution in [-0.2, 0) is 0 Å². The summed E-state index contributed by atoms with van der Waals surface area (Å²) >= 11 is 11.7. The van der Waals surface area contributed by atoms with Crippen molar-refractivity contribution >= 4 is 41.5 Å².